The molecule has 0 aromatic heterocycles. The van der Waals surface area contributed by atoms with Gasteiger partial charge in [-0.25, -0.2) is 0 Å². The molecule has 1 aliphatic heterocycles. The van der Waals surface area contributed by atoms with E-state index < -0.39 is 12.2 Å². The number of rotatable bonds is 6. The van der Waals surface area contributed by atoms with Crippen molar-refractivity contribution in [1.29, 1.82) is 0 Å². The van der Waals surface area contributed by atoms with Crippen molar-refractivity contribution in [2.24, 2.45) is 0 Å². The largest absolute Gasteiger partial charge is 0.389 e. The molecule has 1 amide bonds. The number of amides is 1. The van der Waals surface area contributed by atoms with Gasteiger partial charge in [0.25, 0.3) is 5.91 Å². The van der Waals surface area contributed by atoms with E-state index in [1.54, 1.807) is 12.1 Å². The highest BCUT2D eigenvalue weighted by Gasteiger charge is 2.39. The summed E-state index contributed by atoms with van der Waals surface area (Å²) in [6, 6.07) is 8.78. The van der Waals surface area contributed by atoms with Crippen LogP contribution < -0.4 is 5.32 Å². The fourth-order valence-electron chi connectivity index (χ4n) is 2.71. The summed E-state index contributed by atoms with van der Waals surface area (Å²) in [5.74, 6) is -0.153. The van der Waals surface area contributed by atoms with Gasteiger partial charge in [0, 0.05) is 18.7 Å². The van der Waals surface area contributed by atoms with Gasteiger partial charge in [0.1, 0.15) is 0 Å². The molecule has 5 nitrogen and oxygen atoms in total. The van der Waals surface area contributed by atoms with Crippen LogP contribution >= 0.6 is 0 Å². The van der Waals surface area contributed by atoms with Crippen LogP contribution in [0, 0.1) is 0 Å². The first-order valence-electron chi connectivity index (χ1n) is 7.57. The summed E-state index contributed by atoms with van der Waals surface area (Å²) in [5, 5.41) is 22.7. The summed E-state index contributed by atoms with van der Waals surface area (Å²) >= 11 is 0. The minimum absolute atomic E-state index is 0.153. The third-order valence-corrected chi connectivity index (χ3v) is 3.99. The monoisotopic (exact) mass is 292 g/mol. The van der Waals surface area contributed by atoms with Crippen LogP contribution in [-0.2, 0) is 0 Å². The summed E-state index contributed by atoms with van der Waals surface area (Å²) in [6.07, 6.45) is 0.535. The van der Waals surface area contributed by atoms with Crippen molar-refractivity contribution >= 4 is 5.91 Å². The Bertz CT molecular complexity index is 452. The predicted molar refractivity (Wildman–Crippen MR) is 81.1 cm³/mol. The molecule has 0 saturated carbocycles. The predicted octanol–water partition coefficient (Wildman–Crippen LogP) is 0.622. The van der Waals surface area contributed by atoms with Crippen molar-refractivity contribution < 1.29 is 15.0 Å². The number of hydrogen-bond acceptors (Lipinski definition) is 4. The smallest absolute Gasteiger partial charge is 0.251 e. The second-order valence-electron chi connectivity index (χ2n) is 5.55. The lowest BCUT2D eigenvalue weighted by Gasteiger charge is -2.25. The highest BCUT2D eigenvalue weighted by Crippen LogP contribution is 2.19. The van der Waals surface area contributed by atoms with Gasteiger partial charge in [0.05, 0.1) is 18.2 Å². The van der Waals surface area contributed by atoms with Crippen LogP contribution in [0.2, 0.25) is 0 Å². The molecule has 1 fully saturated rings. The van der Waals surface area contributed by atoms with Crippen molar-refractivity contribution in [2.75, 3.05) is 19.6 Å². The van der Waals surface area contributed by atoms with E-state index >= 15 is 0 Å². The Labute approximate surface area is 125 Å². The Morgan fingerprint density at radius 1 is 1.33 bits per heavy atom. The highest BCUT2D eigenvalue weighted by atomic mass is 16.3. The molecule has 1 aliphatic rings. The van der Waals surface area contributed by atoms with Crippen molar-refractivity contribution in [3.05, 3.63) is 35.9 Å². The molecular formula is C16H24N2O3. The van der Waals surface area contributed by atoms with E-state index in [0.29, 0.717) is 18.7 Å². The number of likely N-dealkylation sites (tertiary alicyclic amines) is 1. The molecule has 1 heterocycles. The minimum Gasteiger partial charge on any atom is -0.389 e. The summed E-state index contributed by atoms with van der Waals surface area (Å²) in [6.45, 7) is 3.74. The summed E-state index contributed by atoms with van der Waals surface area (Å²) < 4.78 is 0. The third kappa shape index (κ3) is 4.03. The fraction of sp³-hybridized carbons (Fsp3) is 0.562. The number of aliphatic hydroxyl groups is 2. The molecule has 0 radical (unpaired) electrons. The van der Waals surface area contributed by atoms with Crippen LogP contribution in [0.15, 0.2) is 30.3 Å². The fourth-order valence-corrected chi connectivity index (χ4v) is 2.71. The van der Waals surface area contributed by atoms with Gasteiger partial charge in [-0.1, -0.05) is 31.5 Å². The first-order chi connectivity index (χ1) is 10.1. The molecule has 0 bridgehead atoms. The lowest BCUT2D eigenvalue weighted by Crippen LogP contribution is -2.45. The maximum atomic E-state index is 12.0. The van der Waals surface area contributed by atoms with Crippen LogP contribution in [0.25, 0.3) is 0 Å². The van der Waals surface area contributed by atoms with Gasteiger partial charge in [-0.3, -0.25) is 9.69 Å². The van der Waals surface area contributed by atoms with Crippen molar-refractivity contribution in [2.45, 2.75) is 38.0 Å². The van der Waals surface area contributed by atoms with Gasteiger partial charge >= 0.3 is 0 Å². The number of nitrogens with zero attached hydrogens (tertiary/aromatic N) is 1. The van der Waals surface area contributed by atoms with Crippen molar-refractivity contribution in [3.63, 3.8) is 0 Å². The van der Waals surface area contributed by atoms with Gasteiger partial charge in [-0.2, -0.15) is 0 Å². The number of unbranched alkanes of at least 4 members (excludes halogenated alkanes) is 1. The summed E-state index contributed by atoms with van der Waals surface area (Å²) in [7, 11) is 0. The number of aliphatic hydroxyl groups excluding tert-OH is 2. The Morgan fingerprint density at radius 2 is 2.05 bits per heavy atom. The normalized spacial score (nSPS) is 26.0. The van der Waals surface area contributed by atoms with E-state index in [1.807, 2.05) is 18.2 Å². The zero-order valence-corrected chi connectivity index (χ0v) is 12.4. The van der Waals surface area contributed by atoms with Crippen LogP contribution in [0.1, 0.15) is 30.1 Å². The SMILES string of the molecule is CCCCN1C[C@H](O)[C@H](O)[C@H]1CNC(=O)c1ccccc1. The number of hydrogen-bond donors (Lipinski definition) is 3. The van der Waals surface area contributed by atoms with E-state index in [0.717, 1.165) is 19.4 Å². The number of β-amino-alcohol motifs (C(OH)–C–C–N with tert-alkyl or cyclic N) is 1. The number of carbonyl (C=O) groups is 1. The quantitative estimate of drug-likeness (QED) is 0.719. The standard InChI is InChI=1S/C16H24N2O3/c1-2-3-9-18-11-14(19)15(20)13(18)10-17-16(21)12-7-5-4-6-8-12/h4-8,13-15,19-20H,2-3,9-11H2,1H3,(H,17,21)/t13-,14+,15-/m1/s1. The first kappa shape index (κ1) is 15.9. The zero-order chi connectivity index (χ0) is 15.2. The number of benzene rings is 1. The van der Waals surface area contributed by atoms with Crippen LogP contribution in [0.4, 0.5) is 0 Å². The van der Waals surface area contributed by atoms with Gasteiger partial charge in [0.2, 0.25) is 0 Å². The molecule has 1 aromatic rings. The number of carbonyl (C=O) groups excluding carboxylic acids is 1. The summed E-state index contributed by atoms with van der Waals surface area (Å²) in [5.41, 5.74) is 0.602. The molecule has 0 unspecified atom stereocenters. The lowest BCUT2D eigenvalue weighted by atomic mass is 10.1. The van der Waals surface area contributed by atoms with Gasteiger partial charge < -0.3 is 15.5 Å². The Hall–Kier alpha value is -1.43. The van der Waals surface area contributed by atoms with Gasteiger partial charge in [-0.05, 0) is 25.1 Å². The maximum Gasteiger partial charge on any atom is 0.251 e. The van der Waals surface area contributed by atoms with Crippen molar-refractivity contribution in [3.8, 4) is 0 Å². The maximum absolute atomic E-state index is 12.0. The molecule has 1 saturated heterocycles. The lowest BCUT2D eigenvalue weighted by molar-refractivity contribution is 0.0373. The van der Waals surface area contributed by atoms with Crippen LogP contribution in [0.5, 0.6) is 0 Å². The third-order valence-electron chi connectivity index (χ3n) is 3.99. The molecule has 2 rings (SSSR count). The van der Waals surface area contributed by atoms with E-state index in [4.69, 9.17) is 0 Å². The topological polar surface area (TPSA) is 72.8 Å². The van der Waals surface area contributed by atoms with E-state index in [1.165, 1.54) is 0 Å². The average Bonchev–Trinajstić information content (AvgIpc) is 2.78. The molecule has 3 N–H and O–H groups in total. The molecule has 116 valence electrons. The molecule has 21 heavy (non-hydrogen) atoms. The number of nitrogens with one attached hydrogen (secondary N) is 1. The molecule has 0 spiro atoms. The Balaban J connectivity index is 1.91. The average molecular weight is 292 g/mol. The zero-order valence-electron chi connectivity index (χ0n) is 12.4. The van der Waals surface area contributed by atoms with E-state index in [-0.39, 0.29) is 11.9 Å². The first-order valence-corrected chi connectivity index (χ1v) is 7.57. The second kappa shape index (κ2) is 7.54. The highest BCUT2D eigenvalue weighted by molar-refractivity contribution is 5.94. The van der Waals surface area contributed by atoms with Crippen molar-refractivity contribution in [1.82, 2.24) is 10.2 Å². The van der Waals surface area contributed by atoms with E-state index in [2.05, 4.69) is 17.1 Å². The Morgan fingerprint density at radius 3 is 2.71 bits per heavy atom. The molecule has 3 atom stereocenters. The summed E-state index contributed by atoms with van der Waals surface area (Å²) in [4.78, 5) is 14.1. The van der Waals surface area contributed by atoms with Crippen LogP contribution in [-0.4, -0.2) is 58.9 Å². The van der Waals surface area contributed by atoms with E-state index in [9.17, 15) is 15.0 Å². The molecule has 5 heteroatoms. The van der Waals surface area contributed by atoms with Gasteiger partial charge in [-0.15, -0.1) is 0 Å². The van der Waals surface area contributed by atoms with Crippen LogP contribution in [0.3, 0.4) is 0 Å². The minimum atomic E-state index is -0.807. The molecule has 0 aliphatic carbocycles. The molecular weight excluding hydrogens is 268 g/mol. The Kier molecular flexibility index (Phi) is 5.73. The molecule has 1 aromatic carbocycles. The van der Waals surface area contributed by atoms with Gasteiger partial charge in [0.15, 0.2) is 0 Å². The second-order valence-corrected chi connectivity index (χ2v) is 5.55.